The molecule has 7 N–H and O–H groups in total. The maximum absolute atomic E-state index is 14.0. The van der Waals surface area contributed by atoms with Gasteiger partial charge in [0, 0.05) is 55.5 Å². The standard InChI is InChI=1S/C46H55N13O5/c1-5-22-56-37-19-17-32(41(47)60)26-35(37)51-45(56)53-43(62)40-34(30(4)55-58(40)6-2)16-11-8-12-24-59-39(25-29(3)54-59)52-44-50-36-27-33(42(48)61)18-20-38(36)57(44)23-13-21-49-46(63)64-28-31-14-9-7-10-15-31/h7,9-10,14-15,17-20,25-27H,5-6,8,11-13,16,21-24,28H2,1-4H3,(H2,47,60)(H2,48,61)(H,49,63)(H,50,52)(H,51,53,62). The number of imidazole rings is 2. The fourth-order valence-corrected chi connectivity index (χ4v) is 7.87. The smallest absolute Gasteiger partial charge is 0.407 e. The summed E-state index contributed by atoms with van der Waals surface area (Å²) in [5.41, 5.74) is 18.5. The fourth-order valence-electron chi connectivity index (χ4n) is 7.87. The van der Waals surface area contributed by atoms with Crippen molar-refractivity contribution < 1.29 is 23.9 Å². The highest BCUT2D eigenvalue weighted by Gasteiger charge is 2.24. The number of carbonyl (C=O) groups is 4. The topological polar surface area (TPSA) is 237 Å². The third-order valence-electron chi connectivity index (χ3n) is 11.0. The van der Waals surface area contributed by atoms with Crippen LogP contribution >= 0.6 is 0 Å². The van der Waals surface area contributed by atoms with E-state index in [9.17, 15) is 19.2 Å². The van der Waals surface area contributed by atoms with E-state index in [1.807, 2.05) is 84.0 Å². The first kappa shape index (κ1) is 44.6. The van der Waals surface area contributed by atoms with Crippen LogP contribution in [0.4, 0.5) is 22.5 Å². The third-order valence-corrected chi connectivity index (χ3v) is 11.0. The molecule has 0 unspecified atom stereocenters. The Labute approximate surface area is 370 Å². The highest BCUT2D eigenvalue weighted by molar-refractivity contribution is 6.04. The highest BCUT2D eigenvalue weighted by Crippen LogP contribution is 2.27. The molecule has 0 atom stereocenters. The SMILES string of the molecule is CCCn1c(NC(=O)c2c(CCCCCn3nc(C)cc3Nc3nc4cc(C(N)=O)ccc4n3CCCNC(=O)OCc3ccccc3)c(C)nn2CC)nc2cc(C(N)=O)ccc21. The van der Waals surface area contributed by atoms with Crippen molar-refractivity contribution in [3.8, 4) is 0 Å². The highest BCUT2D eigenvalue weighted by atomic mass is 16.5. The first-order valence-corrected chi connectivity index (χ1v) is 21.7. The van der Waals surface area contributed by atoms with Gasteiger partial charge >= 0.3 is 6.09 Å². The van der Waals surface area contributed by atoms with Crippen LogP contribution in [0.15, 0.2) is 72.8 Å². The summed E-state index contributed by atoms with van der Waals surface area (Å²) in [4.78, 5) is 59.8. The summed E-state index contributed by atoms with van der Waals surface area (Å²) in [5, 5.41) is 18.8. The largest absolute Gasteiger partial charge is 0.445 e. The van der Waals surface area contributed by atoms with Crippen LogP contribution < -0.4 is 27.4 Å². The number of aryl methyl sites for hydroxylation is 6. The summed E-state index contributed by atoms with van der Waals surface area (Å²) in [6, 6.07) is 21.7. The molecule has 334 valence electrons. The molecule has 0 aliphatic heterocycles. The Bertz CT molecular complexity index is 2800. The maximum atomic E-state index is 14.0. The number of nitrogens with zero attached hydrogens (tertiary/aromatic N) is 8. The van der Waals surface area contributed by atoms with Gasteiger partial charge in [-0.25, -0.2) is 19.4 Å². The lowest BCUT2D eigenvalue weighted by Gasteiger charge is -2.13. The molecular formula is C46H55N13O5. The van der Waals surface area contributed by atoms with Crippen molar-refractivity contribution in [3.63, 3.8) is 0 Å². The number of rotatable bonds is 21. The summed E-state index contributed by atoms with van der Waals surface area (Å²) < 4.78 is 13.0. The van der Waals surface area contributed by atoms with Gasteiger partial charge in [-0.05, 0) is 94.8 Å². The number of hydrogen-bond acceptors (Lipinski definition) is 10. The molecule has 0 saturated heterocycles. The fraction of sp³-hybridized carbons (Fsp3) is 0.348. The molecule has 0 saturated carbocycles. The molecule has 7 rings (SSSR count). The average molecular weight is 870 g/mol. The van der Waals surface area contributed by atoms with Crippen LogP contribution in [0.25, 0.3) is 22.1 Å². The predicted octanol–water partition coefficient (Wildman–Crippen LogP) is 6.75. The zero-order chi connectivity index (χ0) is 45.3. The molecule has 4 aromatic heterocycles. The van der Waals surface area contributed by atoms with E-state index >= 15 is 0 Å². The van der Waals surface area contributed by atoms with Gasteiger partial charge in [-0.15, -0.1) is 0 Å². The quantitative estimate of drug-likeness (QED) is 0.0476. The van der Waals surface area contributed by atoms with Gasteiger partial charge in [0.25, 0.3) is 5.91 Å². The minimum absolute atomic E-state index is 0.182. The molecule has 18 heteroatoms. The molecule has 0 aliphatic carbocycles. The van der Waals surface area contributed by atoms with E-state index in [4.69, 9.17) is 31.4 Å². The number of fused-ring (bicyclic) bond motifs is 2. The van der Waals surface area contributed by atoms with Crippen LogP contribution in [-0.4, -0.2) is 69.0 Å². The van der Waals surface area contributed by atoms with E-state index in [0.29, 0.717) is 85.3 Å². The van der Waals surface area contributed by atoms with Crippen LogP contribution in [0.5, 0.6) is 0 Å². The Morgan fingerprint density at radius 3 is 2.05 bits per heavy atom. The van der Waals surface area contributed by atoms with E-state index < -0.39 is 17.9 Å². The molecule has 0 bridgehead atoms. The predicted molar refractivity (Wildman–Crippen MR) is 244 cm³/mol. The van der Waals surface area contributed by atoms with Gasteiger partial charge in [0.1, 0.15) is 18.1 Å². The van der Waals surface area contributed by atoms with Gasteiger partial charge in [-0.1, -0.05) is 43.7 Å². The molecule has 3 aromatic carbocycles. The van der Waals surface area contributed by atoms with Gasteiger partial charge < -0.3 is 36.0 Å². The molecule has 64 heavy (non-hydrogen) atoms. The third kappa shape index (κ3) is 10.2. The van der Waals surface area contributed by atoms with E-state index in [1.54, 1.807) is 35.0 Å². The number of alkyl carbamates (subject to hydrolysis) is 1. The van der Waals surface area contributed by atoms with Gasteiger partial charge in [0.15, 0.2) is 0 Å². The Kier molecular flexibility index (Phi) is 14.0. The molecular weight excluding hydrogens is 815 g/mol. The van der Waals surface area contributed by atoms with E-state index in [2.05, 4.69) is 20.9 Å². The summed E-state index contributed by atoms with van der Waals surface area (Å²) in [7, 11) is 0. The molecule has 18 nitrogen and oxygen atoms in total. The van der Waals surface area contributed by atoms with Crippen LogP contribution in [0.1, 0.15) is 99.7 Å². The van der Waals surface area contributed by atoms with Crippen molar-refractivity contribution in [2.24, 2.45) is 11.5 Å². The van der Waals surface area contributed by atoms with Crippen LogP contribution in [0.3, 0.4) is 0 Å². The zero-order valence-corrected chi connectivity index (χ0v) is 36.7. The number of hydrogen-bond donors (Lipinski definition) is 5. The molecule has 0 spiro atoms. The number of primary amides is 2. The van der Waals surface area contributed by atoms with Crippen molar-refractivity contribution in [3.05, 3.63) is 112 Å². The lowest BCUT2D eigenvalue weighted by Crippen LogP contribution is -2.26. The number of nitrogens with two attached hydrogens (primary N) is 2. The average Bonchev–Trinajstić information content (AvgIpc) is 4.01. The number of unbranched alkanes of at least 4 members (excludes halogenated alkanes) is 2. The Hall–Kier alpha value is -7.50. The lowest BCUT2D eigenvalue weighted by molar-refractivity contribution is 0.0992. The normalized spacial score (nSPS) is 11.3. The Balaban J connectivity index is 0.990. The lowest BCUT2D eigenvalue weighted by atomic mass is 10.0. The number of aromatic nitrogens is 8. The molecule has 0 fully saturated rings. The molecule has 4 heterocycles. The van der Waals surface area contributed by atoms with E-state index in [1.165, 1.54) is 0 Å². The number of ether oxygens (including phenoxy) is 1. The van der Waals surface area contributed by atoms with Gasteiger partial charge in [-0.3, -0.25) is 24.4 Å². The van der Waals surface area contributed by atoms with E-state index in [0.717, 1.165) is 65.0 Å². The van der Waals surface area contributed by atoms with Crippen molar-refractivity contribution in [2.75, 3.05) is 17.2 Å². The van der Waals surface area contributed by atoms with Crippen molar-refractivity contribution in [1.29, 1.82) is 0 Å². The second-order valence-corrected chi connectivity index (χ2v) is 15.7. The second-order valence-electron chi connectivity index (χ2n) is 15.7. The second kappa shape index (κ2) is 20.1. The van der Waals surface area contributed by atoms with Crippen molar-refractivity contribution >= 4 is 63.6 Å². The van der Waals surface area contributed by atoms with Gasteiger partial charge in [-0.2, -0.15) is 10.2 Å². The zero-order valence-electron chi connectivity index (χ0n) is 36.7. The number of amides is 4. The molecule has 7 aromatic rings. The van der Waals surface area contributed by atoms with Crippen LogP contribution in [0, 0.1) is 13.8 Å². The number of nitrogens with one attached hydrogen (secondary N) is 3. The number of benzene rings is 3. The molecule has 0 radical (unpaired) electrons. The maximum Gasteiger partial charge on any atom is 0.407 e. The summed E-state index contributed by atoms with van der Waals surface area (Å²) >= 11 is 0. The number of carbonyl (C=O) groups excluding carboxylic acids is 4. The summed E-state index contributed by atoms with van der Waals surface area (Å²) in [6.07, 6.45) is 4.04. The first-order valence-electron chi connectivity index (χ1n) is 21.7. The summed E-state index contributed by atoms with van der Waals surface area (Å²) in [6.45, 7) is 10.7. The van der Waals surface area contributed by atoms with Crippen molar-refractivity contribution in [1.82, 2.24) is 44.0 Å². The number of anilines is 3. The summed E-state index contributed by atoms with van der Waals surface area (Å²) in [5.74, 6) is 0.328. The van der Waals surface area contributed by atoms with Crippen LogP contribution in [-0.2, 0) is 43.9 Å². The van der Waals surface area contributed by atoms with Gasteiger partial charge in [0.2, 0.25) is 23.7 Å². The monoisotopic (exact) mass is 869 g/mol. The van der Waals surface area contributed by atoms with Crippen molar-refractivity contribution in [2.45, 2.75) is 99.0 Å². The minimum atomic E-state index is -0.543. The minimum Gasteiger partial charge on any atom is -0.445 e. The molecule has 0 aliphatic rings. The first-order chi connectivity index (χ1) is 30.9. The van der Waals surface area contributed by atoms with E-state index in [-0.39, 0.29) is 12.5 Å². The van der Waals surface area contributed by atoms with Crippen LogP contribution in [0.2, 0.25) is 0 Å². The Morgan fingerprint density at radius 1 is 0.719 bits per heavy atom. The Morgan fingerprint density at radius 2 is 1.39 bits per heavy atom. The van der Waals surface area contributed by atoms with Gasteiger partial charge in [0.05, 0.1) is 33.5 Å². The molecule has 4 amide bonds.